The van der Waals surface area contributed by atoms with E-state index in [0.717, 1.165) is 0 Å². The molecule has 138 valence electrons. The number of rotatable bonds is 3. The van der Waals surface area contributed by atoms with Gasteiger partial charge in [0.25, 0.3) is 11.5 Å². The van der Waals surface area contributed by atoms with Gasteiger partial charge in [-0.15, -0.1) is 0 Å². The summed E-state index contributed by atoms with van der Waals surface area (Å²) < 4.78 is 12.0. The molecule has 26 heavy (non-hydrogen) atoms. The molecular formula is C18H20N2O6. The van der Waals surface area contributed by atoms with Crippen molar-refractivity contribution in [2.45, 2.75) is 32.9 Å². The minimum absolute atomic E-state index is 0.263. The van der Waals surface area contributed by atoms with Crippen molar-refractivity contribution in [2.75, 3.05) is 13.2 Å². The number of ether oxygens (including phenoxy) is 2. The number of benzene rings is 1. The second-order valence-electron chi connectivity index (χ2n) is 6.95. The number of pyridine rings is 1. The Bertz CT molecular complexity index is 955. The monoisotopic (exact) mass is 360 g/mol. The lowest BCUT2D eigenvalue weighted by Crippen LogP contribution is -2.39. The molecule has 0 unspecified atom stereocenters. The van der Waals surface area contributed by atoms with E-state index in [1.165, 1.54) is 4.57 Å². The lowest BCUT2D eigenvalue weighted by Gasteiger charge is -2.22. The number of aromatic hydroxyl groups is 1. The Morgan fingerprint density at radius 1 is 1.35 bits per heavy atom. The van der Waals surface area contributed by atoms with Gasteiger partial charge in [-0.05, 0) is 32.9 Å². The smallest absolute Gasteiger partial charge is 0.325 e. The molecule has 8 nitrogen and oxygen atoms in total. The summed E-state index contributed by atoms with van der Waals surface area (Å²) in [6.07, 6.45) is 0. The van der Waals surface area contributed by atoms with E-state index in [9.17, 15) is 19.5 Å². The first kappa shape index (κ1) is 17.8. The van der Waals surface area contributed by atoms with E-state index in [2.05, 4.69) is 5.32 Å². The summed E-state index contributed by atoms with van der Waals surface area (Å²) in [5.74, 6) is -1.43. The Kier molecular flexibility index (Phi) is 4.35. The average Bonchev–Trinajstić information content (AvgIpc) is 2.56. The molecule has 1 aliphatic rings. The fraction of sp³-hybridized carbons (Fsp3) is 0.389. The van der Waals surface area contributed by atoms with Crippen molar-refractivity contribution < 1.29 is 24.2 Å². The van der Waals surface area contributed by atoms with Crippen molar-refractivity contribution in [2.24, 2.45) is 0 Å². The van der Waals surface area contributed by atoms with E-state index < -0.39 is 40.9 Å². The van der Waals surface area contributed by atoms with Gasteiger partial charge in [-0.2, -0.15) is 0 Å². The Morgan fingerprint density at radius 2 is 2.08 bits per heavy atom. The minimum atomic E-state index is -0.832. The SMILES string of the molecule is CC(C)(C)OC(=O)CNC(=O)c1c(O)c2cccc3c2n(c1=O)CCO3. The molecule has 1 aliphatic heterocycles. The highest BCUT2D eigenvalue weighted by atomic mass is 16.6. The van der Waals surface area contributed by atoms with Gasteiger partial charge in [0.1, 0.15) is 35.8 Å². The largest absolute Gasteiger partial charge is 0.506 e. The van der Waals surface area contributed by atoms with E-state index in [1.807, 2.05) is 0 Å². The van der Waals surface area contributed by atoms with Crippen LogP contribution in [0.5, 0.6) is 11.5 Å². The molecule has 0 radical (unpaired) electrons. The highest BCUT2D eigenvalue weighted by Crippen LogP contribution is 2.34. The fourth-order valence-electron chi connectivity index (χ4n) is 2.86. The van der Waals surface area contributed by atoms with Crippen LogP contribution >= 0.6 is 0 Å². The molecule has 0 spiro atoms. The van der Waals surface area contributed by atoms with Crippen LogP contribution in [0.1, 0.15) is 31.1 Å². The first-order chi connectivity index (χ1) is 12.2. The topological polar surface area (TPSA) is 107 Å². The van der Waals surface area contributed by atoms with Crippen LogP contribution in [0.25, 0.3) is 10.9 Å². The third-order valence-electron chi connectivity index (χ3n) is 3.83. The summed E-state index contributed by atoms with van der Waals surface area (Å²) in [5.41, 5.74) is -1.27. The number of amides is 1. The van der Waals surface area contributed by atoms with Crippen LogP contribution in [0.15, 0.2) is 23.0 Å². The zero-order valence-corrected chi connectivity index (χ0v) is 14.8. The van der Waals surface area contributed by atoms with E-state index in [1.54, 1.807) is 39.0 Å². The van der Waals surface area contributed by atoms with Crippen molar-refractivity contribution >= 4 is 22.8 Å². The first-order valence-electron chi connectivity index (χ1n) is 8.20. The average molecular weight is 360 g/mol. The number of nitrogens with zero attached hydrogens (tertiary/aromatic N) is 1. The number of carbonyl (C=O) groups excluding carboxylic acids is 2. The molecule has 2 N–H and O–H groups in total. The van der Waals surface area contributed by atoms with Crippen LogP contribution in [0.3, 0.4) is 0 Å². The van der Waals surface area contributed by atoms with Gasteiger partial charge in [0.2, 0.25) is 0 Å². The molecule has 0 bridgehead atoms. The van der Waals surface area contributed by atoms with Gasteiger partial charge in [-0.3, -0.25) is 14.4 Å². The second-order valence-corrected chi connectivity index (χ2v) is 6.95. The molecule has 0 saturated heterocycles. The van der Waals surface area contributed by atoms with Crippen LogP contribution in [0.4, 0.5) is 0 Å². The third kappa shape index (κ3) is 3.22. The van der Waals surface area contributed by atoms with Gasteiger partial charge in [0.15, 0.2) is 0 Å². The Labute approximate surface area is 149 Å². The molecule has 1 aromatic heterocycles. The number of hydrogen-bond acceptors (Lipinski definition) is 6. The minimum Gasteiger partial charge on any atom is -0.506 e. The summed E-state index contributed by atoms with van der Waals surface area (Å²) >= 11 is 0. The molecule has 0 saturated carbocycles. The zero-order chi connectivity index (χ0) is 19.1. The van der Waals surface area contributed by atoms with Crippen LogP contribution in [-0.4, -0.2) is 40.3 Å². The Balaban J connectivity index is 1.95. The van der Waals surface area contributed by atoms with E-state index in [-0.39, 0.29) is 13.2 Å². The lowest BCUT2D eigenvalue weighted by molar-refractivity contribution is -0.153. The molecule has 1 amide bonds. The van der Waals surface area contributed by atoms with Gasteiger partial charge < -0.3 is 24.5 Å². The van der Waals surface area contributed by atoms with Gasteiger partial charge in [0, 0.05) is 5.39 Å². The van der Waals surface area contributed by atoms with E-state index in [0.29, 0.717) is 16.7 Å². The summed E-state index contributed by atoms with van der Waals surface area (Å²) in [5, 5.41) is 13.1. The van der Waals surface area contributed by atoms with Crippen molar-refractivity contribution in [1.82, 2.24) is 9.88 Å². The lowest BCUT2D eigenvalue weighted by atomic mass is 10.1. The summed E-state index contributed by atoms with van der Waals surface area (Å²) in [4.78, 5) is 36.9. The maximum Gasteiger partial charge on any atom is 0.325 e. The number of aromatic nitrogens is 1. The summed E-state index contributed by atoms with van der Waals surface area (Å²) in [6.45, 7) is 5.26. The Hall–Kier alpha value is -3.03. The quantitative estimate of drug-likeness (QED) is 0.796. The molecule has 3 rings (SSSR count). The van der Waals surface area contributed by atoms with Crippen molar-refractivity contribution in [3.8, 4) is 11.5 Å². The summed E-state index contributed by atoms with van der Waals surface area (Å²) in [6, 6.07) is 4.96. The third-order valence-corrected chi connectivity index (χ3v) is 3.83. The number of para-hydroxylation sites is 1. The normalized spacial score (nSPS) is 13.2. The number of carbonyl (C=O) groups is 2. The number of esters is 1. The van der Waals surface area contributed by atoms with Crippen molar-refractivity contribution in [3.05, 3.63) is 34.1 Å². The predicted octanol–water partition coefficient (Wildman–Crippen LogP) is 1.17. The van der Waals surface area contributed by atoms with Gasteiger partial charge >= 0.3 is 5.97 Å². The molecule has 0 aliphatic carbocycles. The standard InChI is InChI=1S/C18H20N2O6/c1-18(2,3)26-12(21)9-19-16(23)13-15(22)10-5-4-6-11-14(10)20(17(13)24)7-8-25-11/h4-6,22H,7-9H2,1-3H3,(H,19,23). The van der Waals surface area contributed by atoms with E-state index in [4.69, 9.17) is 9.47 Å². The second kappa shape index (κ2) is 6.36. The molecule has 2 aromatic rings. The van der Waals surface area contributed by atoms with E-state index >= 15 is 0 Å². The van der Waals surface area contributed by atoms with Gasteiger partial charge in [-0.1, -0.05) is 6.07 Å². The van der Waals surface area contributed by atoms with Gasteiger partial charge in [0.05, 0.1) is 12.1 Å². The van der Waals surface area contributed by atoms with Crippen molar-refractivity contribution in [3.63, 3.8) is 0 Å². The molecule has 0 fully saturated rings. The fourth-order valence-corrected chi connectivity index (χ4v) is 2.86. The number of hydrogen-bond donors (Lipinski definition) is 2. The summed E-state index contributed by atoms with van der Waals surface area (Å²) in [7, 11) is 0. The van der Waals surface area contributed by atoms with Gasteiger partial charge in [-0.25, -0.2) is 0 Å². The molecule has 2 heterocycles. The zero-order valence-electron chi connectivity index (χ0n) is 14.8. The molecular weight excluding hydrogens is 340 g/mol. The first-order valence-corrected chi connectivity index (χ1v) is 8.20. The van der Waals surface area contributed by atoms with Crippen LogP contribution in [0, 0.1) is 0 Å². The van der Waals surface area contributed by atoms with Crippen LogP contribution in [-0.2, 0) is 16.1 Å². The molecule has 0 atom stereocenters. The predicted molar refractivity (Wildman–Crippen MR) is 93.5 cm³/mol. The maximum atomic E-state index is 12.7. The molecule has 8 heteroatoms. The highest BCUT2D eigenvalue weighted by Gasteiger charge is 2.26. The maximum absolute atomic E-state index is 12.7. The van der Waals surface area contributed by atoms with Crippen LogP contribution in [0.2, 0.25) is 0 Å². The molecule has 1 aromatic carbocycles. The van der Waals surface area contributed by atoms with Crippen molar-refractivity contribution in [1.29, 1.82) is 0 Å². The Morgan fingerprint density at radius 3 is 2.77 bits per heavy atom. The number of nitrogens with one attached hydrogen (secondary N) is 1. The van der Waals surface area contributed by atoms with Crippen LogP contribution < -0.4 is 15.6 Å². The highest BCUT2D eigenvalue weighted by molar-refractivity contribution is 6.04.